The number of nitrogens with two attached hydrogens (primary N) is 1. The summed E-state index contributed by atoms with van der Waals surface area (Å²) in [7, 11) is 0. The van der Waals surface area contributed by atoms with Crippen LogP contribution in [-0.4, -0.2) is 18.5 Å². The lowest BCUT2D eigenvalue weighted by Gasteiger charge is -2.39. The van der Waals surface area contributed by atoms with Gasteiger partial charge in [-0.05, 0) is 18.8 Å². The van der Waals surface area contributed by atoms with Crippen LogP contribution in [0.15, 0.2) is 29.3 Å². The molecule has 3 aliphatic rings. The lowest BCUT2D eigenvalue weighted by Crippen LogP contribution is -2.50. The molecule has 0 aromatic rings. The van der Waals surface area contributed by atoms with Crippen LogP contribution in [0.5, 0.6) is 0 Å². The van der Waals surface area contributed by atoms with Gasteiger partial charge in [-0.25, -0.2) is 0 Å². The number of nitrogens with one attached hydrogen (secondary N) is 1. The van der Waals surface area contributed by atoms with Crippen molar-refractivity contribution < 1.29 is 0 Å². The van der Waals surface area contributed by atoms with Gasteiger partial charge in [-0.2, -0.15) is 0 Å². The predicted molar refractivity (Wildman–Crippen MR) is 61.4 cm³/mol. The smallest absolute Gasteiger partial charge is 0.150 e. The maximum Gasteiger partial charge on any atom is 0.150 e. The van der Waals surface area contributed by atoms with E-state index in [1.54, 1.807) is 0 Å². The first-order valence-corrected chi connectivity index (χ1v) is 5.76. The summed E-state index contributed by atoms with van der Waals surface area (Å²) in [6, 6.07) is 0. The molecule has 15 heavy (non-hydrogen) atoms. The minimum Gasteiger partial charge on any atom is -0.297 e. The first-order valence-electron chi connectivity index (χ1n) is 5.76. The van der Waals surface area contributed by atoms with E-state index in [9.17, 15) is 0 Å². The largest absolute Gasteiger partial charge is 0.297 e. The molecule has 80 valence electrons. The lowest BCUT2D eigenvalue weighted by atomic mass is 9.70. The molecule has 0 aromatic carbocycles. The second kappa shape index (κ2) is 3.58. The molecule has 0 bridgehead atoms. The van der Waals surface area contributed by atoms with E-state index in [2.05, 4.69) is 34.6 Å². The van der Waals surface area contributed by atoms with Gasteiger partial charge in [0.2, 0.25) is 0 Å². The molecule has 1 heterocycles. The molecule has 0 spiro atoms. The van der Waals surface area contributed by atoms with Crippen molar-refractivity contribution in [2.45, 2.75) is 19.1 Å². The summed E-state index contributed by atoms with van der Waals surface area (Å²) in [6.45, 7) is 1.00. The third-order valence-electron chi connectivity index (χ3n) is 3.72. The van der Waals surface area contributed by atoms with Gasteiger partial charge in [0.25, 0.3) is 0 Å². The van der Waals surface area contributed by atoms with Gasteiger partial charge >= 0.3 is 0 Å². The number of hydrogen-bond acceptors (Lipinski definition) is 3. The van der Waals surface area contributed by atoms with Crippen molar-refractivity contribution in [3.8, 4) is 0 Å². The third kappa shape index (κ3) is 1.56. The third-order valence-corrected chi connectivity index (χ3v) is 3.72. The number of hydrogen-bond donors (Lipinski definition) is 2. The van der Waals surface area contributed by atoms with Crippen LogP contribution in [0.2, 0.25) is 0 Å². The zero-order valence-electron chi connectivity index (χ0n) is 8.76. The van der Waals surface area contributed by atoms with E-state index in [1.165, 1.54) is 18.6 Å². The summed E-state index contributed by atoms with van der Waals surface area (Å²) in [4.78, 5) is 4.59. The molecule has 0 aromatic heterocycles. The van der Waals surface area contributed by atoms with Gasteiger partial charge in [0.05, 0.1) is 0 Å². The molecule has 0 amide bonds. The Bertz CT molecular complexity index is 343. The highest BCUT2D eigenvalue weighted by atomic mass is 15.2. The van der Waals surface area contributed by atoms with Crippen LogP contribution in [0.1, 0.15) is 12.8 Å². The van der Waals surface area contributed by atoms with Crippen LogP contribution in [-0.2, 0) is 0 Å². The molecular formula is C12H17N3. The zero-order valence-corrected chi connectivity index (χ0v) is 8.76. The summed E-state index contributed by atoms with van der Waals surface area (Å²) in [5.74, 6) is 1.79. The van der Waals surface area contributed by atoms with Crippen LogP contribution in [0.25, 0.3) is 0 Å². The topological polar surface area (TPSA) is 50.4 Å². The highest BCUT2D eigenvalue weighted by molar-refractivity contribution is 5.92. The summed E-state index contributed by atoms with van der Waals surface area (Å²) < 4.78 is 0. The second-order valence-electron chi connectivity index (χ2n) is 4.64. The van der Waals surface area contributed by atoms with Crippen LogP contribution < -0.4 is 11.1 Å². The molecule has 4 unspecified atom stereocenters. The Labute approximate surface area is 90.1 Å². The molecule has 1 saturated carbocycles. The summed E-state index contributed by atoms with van der Waals surface area (Å²) in [5.41, 5.74) is 7.15. The fraction of sp³-hybridized carbons (Fsp3) is 0.583. The van der Waals surface area contributed by atoms with Gasteiger partial charge < -0.3 is 0 Å². The van der Waals surface area contributed by atoms with E-state index in [-0.39, 0.29) is 6.29 Å². The average Bonchev–Trinajstić information content (AvgIpc) is 2.29. The Balaban J connectivity index is 1.93. The lowest BCUT2D eigenvalue weighted by molar-refractivity contribution is 0.356. The van der Waals surface area contributed by atoms with Crippen LogP contribution >= 0.6 is 0 Å². The normalized spacial score (nSPS) is 43.1. The zero-order chi connectivity index (χ0) is 10.3. The van der Waals surface area contributed by atoms with Crippen molar-refractivity contribution in [1.29, 1.82) is 0 Å². The molecule has 4 atom stereocenters. The Kier molecular flexibility index (Phi) is 2.22. The number of fused-ring (bicyclic) bond motifs is 3. The van der Waals surface area contributed by atoms with Gasteiger partial charge in [-0.1, -0.05) is 24.3 Å². The van der Waals surface area contributed by atoms with E-state index < -0.39 is 0 Å². The van der Waals surface area contributed by atoms with Gasteiger partial charge in [-0.3, -0.25) is 16.0 Å². The molecule has 3 N–H and O–H groups in total. The molecule has 3 rings (SSSR count). The van der Waals surface area contributed by atoms with E-state index in [1.807, 2.05) is 0 Å². The van der Waals surface area contributed by atoms with Gasteiger partial charge in [-0.15, -0.1) is 0 Å². The standard InChI is InChI=1S/C12H17N3/c13-12-14-7-9-6-5-8-3-1-2-4-10(8)11(9)15-12/h1-4,8-10,12,14H,5-7,13H2. The molecule has 1 fully saturated rings. The Morgan fingerprint density at radius 3 is 3.07 bits per heavy atom. The van der Waals surface area contributed by atoms with Gasteiger partial charge in [0, 0.05) is 24.1 Å². The van der Waals surface area contributed by atoms with Gasteiger partial charge in [0.15, 0.2) is 6.29 Å². The molecule has 0 radical (unpaired) electrons. The minimum atomic E-state index is -0.186. The monoisotopic (exact) mass is 203 g/mol. The number of allylic oxidation sites excluding steroid dienone is 4. The maximum atomic E-state index is 5.82. The van der Waals surface area contributed by atoms with Gasteiger partial charge in [0.1, 0.15) is 0 Å². The number of rotatable bonds is 0. The molecular weight excluding hydrogens is 186 g/mol. The number of nitrogens with zero attached hydrogens (tertiary/aromatic N) is 1. The Morgan fingerprint density at radius 2 is 2.13 bits per heavy atom. The maximum absolute atomic E-state index is 5.82. The first kappa shape index (κ1) is 9.31. The van der Waals surface area contributed by atoms with E-state index >= 15 is 0 Å². The Hall–Kier alpha value is -0.930. The van der Waals surface area contributed by atoms with Crippen molar-refractivity contribution in [1.82, 2.24) is 5.32 Å². The van der Waals surface area contributed by atoms with Crippen molar-refractivity contribution >= 4 is 5.71 Å². The van der Waals surface area contributed by atoms with Crippen molar-refractivity contribution in [3.63, 3.8) is 0 Å². The highest BCUT2D eigenvalue weighted by Crippen LogP contribution is 2.36. The average molecular weight is 203 g/mol. The fourth-order valence-corrected chi connectivity index (χ4v) is 2.93. The quantitative estimate of drug-likeness (QED) is 0.618. The predicted octanol–water partition coefficient (Wildman–Crippen LogP) is 1.04. The number of aliphatic imine (C=N–C) groups is 1. The molecule has 2 aliphatic carbocycles. The van der Waals surface area contributed by atoms with E-state index in [4.69, 9.17) is 5.73 Å². The van der Waals surface area contributed by atoms with Crippen LogP contribution in [0.4, 0.5) is 0 Å². The second-order valence-corrected chi connectivity index (χ2v) is 4.64. The highest BCUT2D eigenvalue weighted by Gasteiger charge is 2.36. The molecule has 3 nitrogen and oxygen atoms in total. The Morgan fingerprint density at radius 1 is 1.27 bits per heavy atom. The van der Waals surface area contributed by atoms with Crippen molar-refractivity contribution in [2.75, 3.05) is 6.54 Å². The molecule has 0 saturated heterocycles. The van der Waals surface area contributed by atoms with E-state index in [0.29, 0.717) is 17.8 Å². The molecule has 1 aliphatic heterocycles. The molecule has 3 heteroatoms. The first-order chi connectivity index (χ1) is 7.34. The SMILES string of the molecule is NC1N=C2C(CCC3C=CC=CC23)CN1. The fourth-order valence-electron chi connectivity index (χ4n) is 2.93. The summed E-state index contributed by atoms with van der Waals surface area (Å²) in [5, 5.41) is 3.22. The van der Waals surface area contributed by atoms with E-state index in [0.717, 1.165) is 6.54 Å². The minimum absolute atomic E-state index is 0.186. The van der Waals surface area contributed by atoms with Crippen molar-refractivity contribution in [3.05, 3.63) is 24.3 Å². The van der Waals surface area contributed by atoms with Crippen LogP contribution in [0, 0.1) is 17.8 Å². The van der Waals surface area contributed by atoms with Crippen LogP contribution in [0.3, 0.4) is 0 Å². The summed E-state index contributed by atoms with van der Waals surface area (Å²) >= 11 is 0. The van der Waals surface area contributed by atoms with Crippen molar-refractivity contribution in [2.24, 2.45) is 28.5 Å². The summed E-state index contributed by atoms with van der Waals surface area (Å²) in [6.07, 6.45) is 11.2.